The van der Waals surface area contributed by atoms with Crippen LogP contribution >= 0.6 is 11.3 Å². The van der Waals surface area contributed by atoms with E-state index in [0.29, 0.717) is 0 Å². The minimum Gasteiger partial charge on any atom is -0.478 e. The van der Waals surface area contributed by atoms with Gasteiger partial charge in [-0.1, -0.05) is 6.92 Å². The fourth-order valence-electron chi connectivity index (χ4n) is 1.93. The van der Waals surface area contributed by atoms with Crippen molar-refractivity contribution in [3.8, 4) is 0 Å². The van der Waals surface area contributed by atoms with Gasteiger partial charge in [-0.15, -0.1) is 11.3 Å². The average molecular weight is 265 g/mol. The summed E-state index contributed by atoms with van der Waals surface area (Å²) in [5.41, 5.74) is 0.986. The Kier molecular flexibility index (Phi) is 4.55. The maximum Gasteiger partial charge on any atom is 0.328 e. The van der Waals surface area contributed by atoms with Gasteiger partial charge in [-0.2, -0.15) is 0 Å². The van der Waals surface area contributed by atoms with Crippen LogP contribution < -0.4 is 0 Å². The van der Waals surface area contributed by atoms with Crippen LogP contribution in [0.4, 0.5) is 0 Å². The highest BCUT2D eigenvalue weighted by atomic mass is 32.1. The lowest BCUT2D eigenvalue weighted by Crippen LogP contribution is -2.24. The number of aliphatic carboxylic acids is 1. The first-order valence-electron chi connectivity index (χ1n) is 6.38. The molecule has 1 N–H and O–H groups in total. The fourth-order valence-corrected chi connectivity index (χ4v) is 2.82. The third kappa shape index (κ3) is 4.27. The summed E-state index contributed by atoms with van der Waals surface area (Å²) >= 11 is 1.71. The predicted molar refractivity (Wildman–Crippen MR) is 74.7 cm³/mol. The Labute approximate surface area is 112 Å². The van der Waals surface area contributed by atoms with E-state index >= 15 is 0 Å². The van der Waals surface area contributed by atoms with E-state index in [2.05, 4.69) is 17.9 Å². The van der Waals surface area contributed by atoms with Crippen LogP contribution in [0.25, 0.3) is 6.08 Å². The highest BCUT2D eigenvalue weighted by molar-refractivity contribution is 7.10. The van der Waals surface area contributed by atoms with Crippen LogP contribution in [0.3, 0.4) is 0 Å². The molecule has 0 radical (unpaired) electrons. The van der Waals surface area contributed by atoms with Gasteiger partial charge in [0.1, 0.15) is 0 Å². The molecule has 0 unspecified atom stereocenters. The van der Waals surface area contributed by atoms with Crippen LogP contribution in [-0.2, 0) is 11.3 Å². The predicted octanol–water partition coefficient (Wildman–Crippen LogP) is 3.08. The van der Waals surface area contributed by atoms with Crippen LogP contribution in [0, 0.1) is 5.92 Å². The molecule has 4 heteroatoms. The van der Waals surface area contributed by atoms with Crippen molar-refractivity contribution in [2.24, 2.45) is 5.92 Å². The molecule has 1 aromatic rings. The maximum absolute atomic E-state index is 10.4. The van der Waals surface area contributed by atoms with E-state index in [9.17, 15) is 4.79 Å². The lowest BCUT2D eigenvalue weighted by molar-refractivity contribution is -0.131. The van der Waals surface area contributed by atoms with Crippen LogP contribution in [0.5, 0.6) is 0 Å². The molecule has 0 atom stereocenters. The van der Waals surface area contributed by atoms with E-state index in [1.807, 2.05) is 5.38 Å². The Bertz CT molecular complexity index is 435. The second kappa shape index (κ2) is 6.16. The number of carboxylic acid groups (broad SMARTS) is 1. The monoisotopic (exact) mass is 265 g/mol. The molecule has 0 amide bonds. The smallest absolute Gasteiger partial charge is 0.328 e. The summed E-state index contributed by atoms with van der Waals surface area (Å²) in [6, 6.07) is 2.08. The van der Waals surface area contributed by atoms with Crippen LogP contribution in [0.1, 0.15) is 30.2 Å². The highest BCUT2D eigenvalue weighted by Crippen LogP contribution is 2.30. The van der Waals surface area contributed by atoms with Crippen molar-refractivity contribution in [3.05, 3.63) is 28.0 Å². The van der Waals surface area contributed by atoms with E-state index in [0.717, 1.165) is 24.6 Å². The normalized spacial score (nSPS) is 15.7. The van der Waals surface area contributed by atoms with Gasteiger partial charge in [-0.3, -0.25) is 4.90 Å². The Balaban J connectivity index is 1.89. The summed E-state index contributed by atoms with van der Waals surface area (Å²) in [7, 11) is 0. The van der Waals surface area contributed by atoms with E-state index in [-0.39, 0.29) is 0 Å². The summed E-state index contributed by atoms with van der Waals surface area (Å²) in [6.45, 7) is 5.46. The van der Waals surface area contributed by atoms with Crippen molar-refractivity contribution < 1.29 is 9.90 Å². The minimum absolute atomic E-state index is 0.897. The quantitative estimate of drug-likeness (QED) is 0.770. The first-order valence-corrected chi connectivity index (χ1v) is 7.26. The number of carboxylic acids is 1. The number of hydrogen-bond donors (Lipinski definition) is 1. The van der Waals surface area contributed by atoms with Gasteiger partial charge in [0.25, 0.3) is 0 Å². The molecule has 0 bridgehead atoms. The molecule has 0 saturated heterocycles. The molecular formula is C14H19NO2S. The molecule has 0 aliphatic heterocycles. The Hall–Kier alpha value is -1.13. The SMILES string of the molecule is CCN(Cc1cc(C=CC(=O)O)cs1)CC1CC1. The number of rotatable bonds is 7. The summed E-state index contributed by atoms with van der Waals surface area (Å²) in [5.74, 6) is 0.0166. The van der Waals surface area contributed by atoms with E-state index < -0.39 is 5.97 Å². The molecule has 1 aromatic heterocycles. The zero-order chi connectivity index (χ0) is 13.0. The lowest BCUT2D eigenvalue weighted by Gasteiger charge is -2.18. The topological polar surface area (TPSA) is 40.5 Å². The number of thiophene rings is 1. The molecule has 0 spiro atoms. The molecule has 1 fully saturated rings. The molecule has 1 aliphatic rings. The third-order valence-electron chi connectivity index (χ3n) is 3.13. The Morgan fingerprint density at radius 3 is 3.00 bits per heavy atom. The molecule has 1 aliphatic carbocycles. The number of hydrogen-bond acceptors (Lipinski definition) is 3. The zero-order valence-electron chi connectivity index (χ0n) is 10.6. The largest absolute Gasteiger partial charge is 0.478 e. The van der Waals surface area contributed by atoms with Crippen molar-refractivity contribution in [1.29, 1.82) is 0 Å². The van der Waals surface area contributed by atoms with Gasteiger partial charge >= 0.3 is 5.97 Å². The minimum atomic E-state index is -0.897. The molecule has 0 aromatic carbocycles. The second-order valence-corrected chi connectivity index (χ2v) is 5.78. The summed E-state index contributed by atoms with van der Waals surface area (Å²) in [4.78, 5) is 14.2. The molecule has 2 rings (SSSR count). The number of nitrogens with zero attached hydrogens (tertiary/aromatic N) is 1. The molecule has 98 valence electrons. The standard InChI is InChI=1S/C14H19NO2S/c1-2-15(8-11-3-4-11)9-13-7-12(10-18-13)5-6-14(16)17/h5-7,10-11H,2-4,8-9H2,1H3,(H,16,17). The van der Waals surface area contributed by atoms with Crippen molar-refractivity contribution in [3.63, 3.8) is 0 Å². The van der Waals surface area contributed by atoms with Crippen molar-refractivity contribution >= 4 is 23.4 Å². The maximum atomic E-state index is 10.4. The average Bonchev–Trinajstić information content (AvgIpc) is 3.04. The van der Waals surface area contributed by atoms with Gasteiger partial charge in [0, 0.05) is 24.0 Å². The summed E-state index contributed by atoms with van der Waals surface area (Å²) in [6.07, 6.45) is 5.61. The number of carbonyl (C=O) groups is 1. The van der Waals surface area contributed by atoms with Crippen LogP contribution in [0.2, 0.25) is 0 Å². The van der Waals surface area contributed by atoms with Crippen molar-refractivity contribution in [2.75, 3.05) is 13.1 Å². The third-order valence-corrected chi connectivity index (χ3v) is 4.07. The van der Waals surface area contributed by atoms with Crippen molar-refractivity contribution in [1.82, 2.24) is 4.90 Å². The zero-order valence-corrected chi connectivity index (χ0v) is 11.4. The molecule has 18 heavy (non-hydrogen) atoms. The van der Waals surface area contributed by atoms with Crippen LogP contribution in [0.15, 0.2) is 17.5 Å². The van der Waals surface area contributed by atoms with Crippen molar-refractivity contribution in [2.45, 2.75) is 26.3 Å². The second-order valence-electron chi connectivity index (χ2n) is 4.79. The van der Waals surface area contributed by atoms with E-state index in [1.165, 1.54) is 30.3 Å². The van der Waals surface area contributed by atoms with Gasteiger partial charge in [-0.05, 0) is 48.4 Å². The van der Waals surface area contributed by atoms with Gasteiger partial charge in [-0.25, -0.2) is 4.79 Å². The first kappa shape index (κ1) is 13.3. The van der Waals surface area contributed by atoms with E-state index in [4.69, 9.17) is 5.11 Å². The molecule has 3 nitrogen and oxygen atoms in total. The van der Waals surface area contributed by atoms with Gasteiger partial charge in [0.05, 0.1) is 0 Å². The molecular weight excluding hydrogens is 246 g/mol. The first-order chi connectivity index (χ1) is 8.67. The summed E-state index contributed by atoms with van der Waals surface area (Å²) < 4.78 is 0. The highest BCUT2D eigenvalue weighted by Gasteiger charge is 2.23. The fraction of sp³-hybridized carbons (Fsp3) is 0.500. The Morgan fingerprint density at radius 1 is 1.61 bits per heavy atom. The van der Waals surface area contributed by atoms with E-state index in [1.54, 1.807) is 17.4 Å². The molecule has 1 saturated carbocycles. The van der Waals surface area contributed by atoms with Gasteiger partial charge in [0.2, 0.25) is 0 Å². The summed E-state index contributed by atoms with van der Waals surface area (Å²) in [5, 5.41) is 10.6. The van der Waals surface area contributed by atoms with Crippen LogP contribution in [-0.4, -0.2) is 29.1 Å². The van der Waals surface area contributed by atoms with Gasteiger partial charge in [0.15, 0.2) is 0 Å². The Morgan fingerprint density at radius 2 is 2.39 bits per heavy atom. The lowest BCUT2D eigenvalue weighted by atomic mass is 10.2. The molecule has 1 heterocycles. The van der Waals surface area contributed by atoms with Gasteiger partial charge < -0.3 is 5.11 Å².